The lowest BCUT2D eigenvalue weighted by molar-refractivity contribution is 0.0281. The lowest BCUT2D eigenvalue weighted by Gasteiger charge is -2.20. The molecule has 102 valence electrons. The molecule has 0 radical (unpaired) electrons. The van der Waals surface area contributed by atoms with E-state index in [-0.39, 0.29) is 6.61 Å². The van der Waals surface area contributed by atoms with Crippen LogP contribution in [0.25, 0.3) is 0 Å². The van der Waals surface area contributed by atoms with Gasteiger partial charge in [0.2, 0.25) is 0 Å². The van der Waals surface area contributed by atoms with Crippen LogP contribution >= 0.6 is 15.9 Å². The van der Waals surface area contributed by atoms with Crippen molar-refractivity contribution < 1.29 is 9.84 Å². The summed E-state index contributed by atoms with van der Waals surface area (Å²) in [6.07, 6.45) is 0. The van der Waals surface area contributed by atoms with Crippen LogP contribution in [-0.2, 0) is 6.54 Å². The summed E-state index contributed by atoms with van der Waals surface area (Å²) in [6, 6.07) is 6.33. The van der Waals surface area contributed by atoms with E-state index in [1.54, 1.807) is 13.8 Å². The number of benzene rings is 1. The predicted molar refractivity (Wildman–Crippen MR) is 77.9 cm³/mol. The molecule has 0 saturated heterocycles. The number of aliphatic hydroxyl groups is 1. The number of ether oxygens (including phenoxy) is 1. The quantitative estimate of drug-likeness (QED) is 0.847. The Hall–Kier alpha value is -0.580. The molecule has 0 amide bonds. The summed E-state index contributed by atoms with van der Waals surface area (Å²) in [5, 5.41) is 13.1. The lowest BCUT2D eigenvalue weighted by Crippen LogP contribution is -2.28. The van der Waals surface area contributed by atoms with Gasteiger partial charge in [0.1, 0.15) is 12.4 Å². The van der Waals surface area contributed by atoms with E-state index in [0.717, 1.165) is 22.3 Å². The van der Waals surface area contributed by atoms with Crippen molar-refractivity contribution in [3.63, 3.8) is 0 Å². The number of nitrogens with one attached hydrogen (secondary N) is 1. The molecule has 1 aromatic carbocycles. The van der Waals surface area contributed by atoms with E-state index in [2.05, 4.69) is 35.1 Å². The van der Waals surface area contributed by atoms with E-state index < -0.39 is 5.60 Å². The number of rotatable bonds is 6. The monoisotopic (exact) mass is 315 g/mol. The van der Waals surface area contributed by atoms with Crippen molar-refractivity contribution in [2.75, 3.05) is 6.61 Å². The molecular weight excluding hydrogens is 294 g/mol. The highest BCUT2D eigenvalue weighted by Gasteiger charge is 2.15. The molecule has 2 N–H and O–H groups in total. The summed E-state index contributed by atoms with van der Waals surface area (Å²) in [4.78, 5) is 0. The Morgan fingerprint density at radius 1 is 1.39 bits per heavy atom. The molecule has 0 aliphatic heterocycles. The van der Waals surface area contributed by atoms with Crippen LogP contribution in [0.2, 0.25) is 0 Å². The van der Waals surface area contributed by atoms with E-state index >= 15 is 0 Å². The van der Waals surface area contributed by atoms with Crippen molar-refractivity contribution in [2.45, 2.75) is 45.9 Å². The fourth-order valence-electron chi connectivity index (χ4n) is 1.40. The van der Waals surface area contributed by atoms with Gasteiger partial charge in [-0.25, -0.2) is 0 Å². The summed E-state index contributed by atoms with van der Waals surface area (Å²) in [5.41, 5.74) is 0.262. The summed E-state index contributed by atoms with van der Waals surface area (Å²) in [7, 11) is 0. The van der Waals surface area contributed by atoms with Gasteiger partial charge in [0.25, 0.3) is 0 Å². The van der Waals surface area contributed by atoms with Gasteiger partial charge in [-0.1, -0.05) is 29.8 Å². The van der Waals surface area contributed by atoms with Gasteiger partial charge in [-0.3, -0.25) is 0 Å². The van der Waals surface area contributed by atoms with Gasteiger partial charge in [-0.2, -0.15) is 0 Å². The van der Waals surface area contributed by atoms with Crippen LogP contribution in [0.1, 0.15) is 33.3 Å². The minimum Gasteiger partial charge on any atom is -0.490 e. The van der Waals surface area contributed by atoms with Gasteiger partial charge in [-0.05, 0) is 32.0 Å². The average molecular weight is 316 g/mol. The molecule has 18 heavy (non-hydrogen) atoms. The third kappa shape index (κ3) is 5.85. The maximum absolute atomic E-state index is 9.69. The number of hydrogen-bond donors (Lipinski definition) is 2. The zero-order valence-electron chi connectivity index (χ0n) is 11.5. The second-order valence-electron chi connectivity index (χ2n) is 5.39. The molecule has 0 atom stereocenters. The van der Waals surface area contributed by atoms with Crippen LogP contribution in [0, 0.1) is 0 Å². The van der Waals surface area contributed by atoms with Crippen molar-refractivity contribution in [3.8, 4) is 5.75 Å². The standard InChI is InChI=1S/C14H22BrNO2/c1-10(2)16-8-11-7-12(15)5-6-13(11)18-9-14(3,4)17/h5-7,10,16-17H,8-9H2,1-4H3. The van der Waals surface area contributed by atoms with Gasteiger partial charge in [-0.15, -0.1) is 0 Å². The summed E-state index contributed by atoms with van der Waals surface area (Å²) >= 11 is 3.46. The van der Waals surface area contributed by atoms with Crippen LogP contribution in [0.3, 0.4) is 0 Å². The Morgan fingerprint density at radius 2 is 2.06 bits per heavy atom. The molecule has 0 spiro atoms. The highest BCUT2D eigenvalue weighted by atomic mass is 79.9. The van der Waals surface area contributed by atoms with E-state index in [0.29, 0.717) is 6.04 Å². The van der Waals surface area contributed by atoms with Gasteiger partial charge >= 0.3 is 0 Å². The summed E-state index contributed by atoms with van der Waals surface area (Å²) in [6.45, 7) is 8.71. The van der Waals surface area contributed by atoms with Gasteiger partial charge < -0.3 is 15.2 Å². The van der Waals surface area contributed by atoms with Crippen LogP contribution in [-0.4, -0.2) is 23.4 Å². The van der Waals surface area contributed by atoms with Crippen molar-refractivity contribution in [3.05, 3.63) is 28.2 Å². The Labute approximate surface area is 118 Å². The molecule has 0 bridgehead atoms. The van der Waals surface area contributed by atoms with Gasteiger partial charge in [0.15, 0.2) is 0 Å². The topological polar surface area (TPSA) is 41.5 Å². The molecule has 0 aliphatic rings. The highest BCUT2D eigenvalue weighted by molar-refractivity contribution is 9.10. The lowest BCUT2D eigenvalue weighted by atomic mass is 10.1. The van der Waals surface area contributed by atoms with Crippen molar-refractivity contribution >= 4 is 15.9 Å². The minimum atomic E-state index is -0.824. The fraction of sp³-hybridized carbons (Fsp3) is 0.571. The summed E-state index contributed by atoms with van der Waals surface area (Å²) in [5.74, 6) is 0.813. The van der Waals surface area contributed by atoms with Crippen molar-refractivity contribution in [1.29, 1.82) is 0 Å². The third-order valence-electron chi connectivity index (χ3n) is 2.30. The van der Waals surface area contributed by atoms with Crippen LogP contribution in [0.15, 0.2) is 22.7 Å². The van der Waals surface area contributed by atoms with E-state index in [1.165, 1.54) is 0 Å². The molecule has 0 saturated carbocycles. The molecule has 0 fully saturated rings. The first-order chi connectivity index (χ1) is 8.28. The molecule has 0 unspecified atom stereocenters. The van der Waals surface area contributed by atoms with Crippen LogP contribution in [0.4, 0.5) is 0 Å². The molecular formula is C14H22BrNO2. The molecule has 0 aromatic heterocycles. The first-order valence-corrected chi connectivity index (χ1v) is 6.94. The van der Waals surface area contributed by atoms with Crippen LogP contribution in [0.5, 0.6) is 5.75 Å². The molecule has 0 heterocycles. The van der Waals surface area contributed by atoms with E-state index in [4.69, 9.17) is 4.74 Å². The second kappa shape index (κ2) is 6.55. The molecule has 4 heteroatoms. The maximum Gasteiger partial charge on any atom is 0.124 e. The minimum absolute atomic E-state index is 0.281. The Kier molecular flexibility index (Phi) is 5.63. The highest BCUT2D eigenvalue weighted by Crippen LogP contribution is 2.24. The predicted octanol–water partition coefficient (Wildman–Crippen LogP) is 3.10. The molecule has 1 rings (SSSR count). The Balaban J connectivity index is 2.76. The zero-order valence-corrected chi connectivity index (χ0v) is 13.0. The van der Waals surface area contributed by atoms with E-state index in [9.17, 15) is 5.11 Å². The second-order valence-corrected chi connectivity index (χ2v) is 6.30. The molecule has 1 aromatic rings. The summed E-state index contributed by atoms with van der Waals surface area (Å²) < 4.78 is 6.70. The van der Waals surface area contributed by atoms with Gasteiger partial charge in [0.05, 0.1) is 5.60 Å². The fourth-order valence-corrected chi connectivity index (χ4v) is 1.80. The molecule has 3 nitrogen and oxygen atoms in total. The SMILES string of the molecule is CC(C)NCc1cc(Br)ccc1OCC(C)(C)O. The first kappa shape index (κ1) is 15.5. The Morgan fingerprint density at radius 3 is 2.61 bits per heavy atom. The largest absolute Gasteiger partial charge is 0.490 e. The Bertz CT molecular complexity index is 386. The smallest absolute Gasteiger partial charge is 0.124 e. The number of halogens is 1. The zero-order chi connectivity index (χ0) is 13.8. The normalized spacial score (nSPS) is 11.9. The third-order valence-corrected chi connectivity index (χ3v) is 2.80. The maximum atomic E-state index is 9.69. The van der Waals surface area contributed by atoms with Crippen LogP contribution < -0.4 is 10.1 Å². The van der Waals surface area contributed by atoms with Crippen molar-refractivity contribution in [1.82, 2.24) is 5.32 Å². The average Bonchev–Trinajstić information content (AvgIpc) is 2.23. The first-order valence-electron chi connectivity index (χ1n) is 6.15. The number of hydrogen-bond acceptors (Lipinski definition) is 3. The van der Waals surface area contributed by atoms with E-state index in [1.807, 2.05) is 18.2 Å². The molecule has 0 aliphatic carbocycles. The van der Waals surface area contributed by atoms with Gasteiger partial charge in [0, 0.05) is 22.6 Å². The van der Waals surface area contributed by atoms with Crippen molar-refractivity contribution in [2.24, 2.45) is 0 Å².